The summed E-state index contributed by atoms with van der Waals surface area (Å²) in [5.41, 5.74) is 4.51. The van der Waals surface area contributed by atoms with E-state index in [-0.39, 0.29) is 0 Å². The van der Waals surface area contributed by atoms with E-state index in [2.05, 4.69) is 44.0 Å². The van der Waals surface area contributed by atoms with E-state index in [0.717, 1.165) is 28.4 Å². The lowest BCUT2D eigenvalue weighted by Gasteiger charge is -2.33. The van der Waals surface area contributed by atoms with Gasteiger partial charge in [-0.3, -0.25) is 4.98 Å². The molecule has 7 nitrogen and oxygen atoms in total. The number of hydrogen-bond donors (Lipinski definition) is 2. The molecule has 1 unspecified atom stereocenters. The summed E-state index contributed by atoms with van der Waals surface area (Å²) in [6, 6.07) is 7.68. The van der Waals surface area contributed by atoms with Crippen LogP contribution in [0.25, 0.3) is 0 Å². The summed E-state index contributed by atoms with van der Waals surface area (Å²) in [5, 5.41) is 6.56. The second kappa shape index (κ2) is 10.4. The predicted molar refractivity (Wildman–Crippen MR) is 124 cm³/mol. The van der Waals surface area contributed by atoms with Gasteiger partial charge >= 0.3 is 0 Å². The second-order valence-corrected chi connectivity index (χ2v) is 7.01. The molecule has 0 saturated carbocycles. The van der Waals surface area contributed by atoms with Gasteiger partial charge < -0.3 is 15.5 Å². The normalized spacial score (nSPS) is 19.6. The zero-order valence-corrected chi connectivity index (χ0v) is 19.0. The second-order valence-electron chi connectivity index (χ2n) is 7.01. The molecule has 7 heteroatoms. The summed E-state index contributed by atoms with van der Waals surface area (Å²) in [6.45, 7) is 14.2. The van der Waals surface area contributed by atoms with Crippen LogP contribution in [0.4, 0.5) is 5.82 Å². The van der Waals surface area contributed by atoms with E-state index in [1.54, 1.807) is 12.3 Å². The van der Waals surface area contributed by atoms with Crippen LogP contribution in [0.1, 0.15) is 39.1 Å². The van der Waals surface area contributed by atoms with Crippen LogP contribution in [0.15, 0.2) is 78.2 Å². The molecule has 162 valence electrons. The Morgan fingerprint density at radius 2 is 2.06 bits per heavy atom. The first kappa shape index (κ1) is 23.6. The van der Waals surface area contributed by atoms with Gasteiger partial charge in [0.1, 0.15) is 18.1 Å². The molecular weight excluding hydrogens is 388 g/mol. The summed E-state index contributed by atoms with van der Waals surface area (Å²) < 4.78 is 0. The Morgan fingerprint density at radius 3 is 2.68 bits per heavy atom. The predicted octanol–water partition coefficient (Wildman–Crippen LogP) is 4.09. The van der Waals surface area contributed by atoms with Crippen LogP contribution in [-0.4, -0.2) is 32.8 Å². The minimum atomic E-state index is -0.533. The molecule has 2 aromatic rings. The lowest BCUT2D eigenvalue weighted by molar-refractivity contribution is 0.192. The van der Waals surface area contributed by atoms with Crippen LogP contribution >= 0.6 is 0 Å². The fraction of sp³-hybridized carbons (Fsp3) is 0.292. The maximum Gasteiger partial charge on any atom is 0.151 e. The molecule has 0 amide bonds. The lowest BCUT2D eigenvalue weighted by Crippen LogP contribution is -2.44. The first-order valence-corrected chi connectivity index (χ1v) is 10.2. The number of nitrogens with zero attached hydrogens (tertiary/aromatic N) is 4. The average Bonchev–Trinajstić information content (AvgIpc) is 2.99. The summed E-state index contributed by atoms with van der Waals surface area (Å²) >= 11 is 0. The highest BCUT2D eigenvalue weighted by Crippen LogP contribution is 2.37. The fourth-order valence-electron chi connectivity index (χ4n) is 3.41. The highest BCUT2D eigenvalue weighted by atomic mass is 16.1. The summed E-state index contributed by atoms with van der Waals surface area (Å²) in [6.07, 6.45) is 6.26. The number of pyridine rings is 1. The highest BCUT2D eigenvalue weighted by Gasteiger charge is 2.41. The van der Waals surface area contributed by atoms with E-state index in [0.29, 0.717) is 11.5 Å². The molecule has 0 aliphatic carbocycles. The maximum atomic E-state index is 11.0. The van der Waals surface area contributed by atoms with Gasteiger partial charge in [-0.25, -0.2) is 14.8 Å². The van der Waals surface area contributed by atoms with Crippen LogP contribution in [0.3, 0.4) is 0 Å². The molecule has 31 heavy (non-hydrogen) atoms. The van der Waals surface area contributed by atoms with Gasteiger partial charge in [-0.2, -0.15) is 0 Å². The maximum absolute atomic E-state index is 11.0. The zero-order chi connectivity index (χ0) is 23.0. The number of rotatable bonds is 5. The molecule has 0 radical (unpaired) electrons. The van der Waals surface area contributed by atoms with Crippen molar-refractivity contribution in [1.82, 2.24) is 25.2 Å². The number of aryl methyl sites for hydroxylation is 1. The number of carbonyl (C=O) groups excluding carboxylic acids is 1. The van der Waals surface area contributed by atoms with Crippen molar-refractivity contribution < 1.29 is 4.79 Å². The van der Waals surface area contributed by atoms with Gasteiger partial charge in [0.25, 0.3) is 0 Å². The molecule has 0 bridgehead atoms. The Hall–Kier alpha value is -3.70. The van der Waals surface area contributed by atoms with Crippen molar-refractivity contribution in [1.29, 1.82) is 0 Å². The number of allylic oxidation sites excluding steroid dienone is 3. The van der Waals surface area contributed by atoms with Crippen molar-refractivity contribution in [2.75, 3.05) is 12.4 Å². The highest BCUT2D eigenvalue weighted by molar-refractivity contribution is 5.59. The quantitative estimate of drug-likeness (QED) is 0.559. The van der Waals surface area contributed by atoms with E-state index >= 15 is 0 Å². The van der Waals surface area contributed by atoms with Gasteiger partial charge in [0.15, 0.2) is 5.66 Å². The molecular formula is C24H30N6O. The Labute approximate surface area is 184 Å². The number of aromatic nitrogens is 3. The summed E-state index contributed by atoms with van der Waals surface area (Å²) in [5.74, 6) is 2.41. The van der Waals surface area contributed by atoms with Crippen LogP contribution in [-0.2, 0) is 10.5 Å². The van der Waals surface area contributed by atoms with Crippen molar-refractivity contribution in [2.45, 2.75) is 40.3 Å². The minimum Gasteiger partial charge on any atom is -0.357 e. The molecule has 0 aromatic carbocycles. The molecule has 2 N–H and O–H groups in total. The third-order valence-corrected chi connectivity index (χ3v) is 4.89. The number of hydrogen-bond acceptors (Lipinski definition) is 7. The number of nitrogens with one attached hydrogen (secondary N) is 2. The summed E-state index contributed by atoms with van der Waals surface area (Å²) in [4.78, 5) is 25.8. The van der Waals surface area contributed by atoms with Crippen molar-refractivity contribution in [2.24, 2.45) is 0 Å². The van der Waals surface area contributed by atoms with Crippen molar-refractivity contribution >= 4 is 11.8 Å². The molecule has 1 aliphatic rings. The standard InChI is InChI=1S/C22H24N6O.C2H6/c1-15(13-18(10-12-29)26-20-9-11-23-14-24-20)21-17(3)27-22(4,28(21)5)19-8-6-7-16(2)25-19;1-2/h6-11,13-14,27H,3H2,1-2,4-5H3,(H,23,24,26);1-2H3/b18-13+,21-15-;. The topological polar surface area (TPSA) is 83.0 Å². The monoisotopic (exact) mass is 418 g/mol. The fourth-order valence-corrected chi connectivity index (χ4v) is 3.41. The van der Waals surface area contributed by atoms with Gasteiger partial charge in [-0.05, 0) is 50.6 Å². The third kappa shape index (κ3) is 5.27. The molecule has 0 spiro atoms. The first-order chi connectivity index (χ1) is 14.8. The van der Waals surface area contributed by atoms with Gasteiger partial charge in [0, 0.05) is 25.0 Å². The SMILES string of the molecule is C=C1NC(C)(c2cccc(C)n2)N(C)/C1=C(C)\C=C(/C=C=O)Nc1ccncn1.CC. The smallest absolute Gasteiger partial charge is 0.151 e. The van der Waals surface area contributed by atoms with E-state index in [1.165, 1.54) is 12.4 Å². The van der Waals surface area contributed by atoms with E-state index in [4.69, 9.17) is 0 Å². The van der Waals surface area contributed by atoms with Gasteiger partial charge in [0.05, 0.1) is 22.8 Å². The Balaban J connectivity index is 0.00000166. The minimum absolute atomic E-state index is 0.533. The molecule has 1 atom stereocenters. The molecule has 3 rings (SSSR count). The number of likely N-dealkylation sites (N-methyl/N-ethyl adjacent to an activating group) is 1. The van der Waals surface area contributed by atoms with E-state index < -0.39 is 5.66 Å². The Morgan fingerprint density at radius 1 is 1.32 bits per heavy atom. The van der Waals surface area contributed by atoms with Crippen molar-refractivity contribution in [3.8, 4) is 0 Å². The van der Waals surface area contributed by atoms with Crippen LogP contribution < -0.4 is 10.6 Å². The van der Waals surface area contributed by atoms with Crippen molar-refractivity contribution in [3.63, 3.8) is 0 Å². The molecule has 1 fully saturated rings. The Bertz CT molecular complexity index is 1040. The number of anilines is 1. The van der Waals surface area contributed by atoms with Crippen LogP contribution in [0.5, 0.6) is 0 Å². The first-order valence-electron chi connectivity index (χ1n) is 10.2. The van der Waals surface area contributed by atoms with E-state index in [1.807, 2.05) is 65.0 Å². The van der Waals surface area contributed by atoms with Gasteiger partial charge in [-0.1, -0.05) is 26.5 Å². The van der Waals surface area contributed by atoms with Crippen LogP contribution in [0.2, 0.25) is 0 Å². The van der Waals surface area contributed by atoms with E-state index in [9.17, 15) is 4.79 Å². The third-order valence-electron chi connectivity index (χ3n) is 4.89. The van der Waals surface area contributed by atoms with Gasteiger partial charge in [-0.15, -0.1) is 0 Å². The molecule has 3 heterocycles. The molecule has 2 aromatic heterocycles. The Kier molecular flexibility index (Phi) is 7.88. The van der Waals surface area contributed by atoms with Crippen molar-refractivity contribution in [3.05, 3.63) is 89.6 Å². The largest absolute Gasteiger partial charge is 0.357 e. The van der Waals surface area contributed by atoms with Crippen LogP contribution in [0, 0.1) is 6.92 Å². The summed E-state index contributed by atoms with van der Waals surface area (Å²) in [7, 11) is 1.99. The molecule has 1 saturated heterocycles. The zero-order valence-electron chi connectivity index (χ0n) is 19.0. The lowest BCUT2D eigenvalue weighted by atomic mass is 10.1. The average molecular weight is 419 g/mol. The van der Waals surface area contributed by atoms with Gasteiger partial charge in [0.2, 0.25) is 0 Å². The molecule has 1 aliphatic heterocycles.